The highest BCUT2D eigenvalue weighted by Gasteiger charge is 2.26. The molecule has 1 unspecified atom stereocenters. The van der Waals surface area contributed by atoms with Crippen molar-refractivity contribution < 1.29 is 4.79 Å². The Hall–Kier alpha value is -1.81. The van der Waals surface area contributed by atoms with Gasteiger partial charge in [0.15, 0.2) is 5.82 Å². The molecule has 3 rings (SSSR count). The molecule has 21 heavy (non-hydrogen) atoms. The summed E-state index contributed by atoms with van der Waals surface area (Å²) in [4.78, 5) is 21.5. The van der Waals surface area contributed by atoms with Crippen molar-refractivity contribution in [2.75, 3.05) is 13.1 Å². The first kappa shape index (κ1) is 14.1. The first-order valence-corrected chi connectivity index (χ1v) is 7.57. The summed E-state index contributed by atoms with van der Waals surface area (Å²) in [5, 5.41) is 0.744. The molecule has 5 heteroatoms. The van der Waals surface area contributed by atoms with Crippen LogP contribution in [0.3, 0.4) is 0 Å². The topological polar surface area (TPSA) is 49.0 Å². The van der Waals surface area contributed by atoms with E-state index in [-0.39, 0.29) is 5.91 Å². The Kier molecular flexibility index (Phi) is 3.97. The fourth-order valence-electron chi connectivity index (χ4n) is 2.84. The number of nitrogens with one attached hydrogen (secondary N) is 1. The van der Waals surface area contributed by atoms with Crippen LogP contribution in [0.1, 0.15) is 40.6 Å². The fourth-order valence-corrected chi connectivity index (χ4v) is 2.97. The SMILES string of the molecule is Cc1cnc(C(=O)N2CCCC(c3ccc(Cl)cc3)C2)[nH]1. The third-order valence-electron chi connectivity index (χ3n) is 3.96. The second-order valence-corrected chi connectivity index (χ2v) is 5.99. The summed E-state index contributed by atoms with van der Waals surface area (Å²) >= 11 is 5.94. The number of benzene rings is 1. The van der Waals surface area contributed by atoms with Crippen LogP contribution in [-0.2, 0) is 0 Å². The van der Waals surface area contributed by atoms with Crippen molar-refractivity contribution in [3.63, 3.8) is 0 Å². The van der Waals surface area contributed by atoms with Crippen molar-refractivity contribution in [2.45, 2.75) is 25.7 Å². The Bertz CT molecular complexity index is 635. The molecule has 1 aromatic heterocycles. The molecule has 1 amide bonds. The number of aromatic amines is 1. The lowest BCUT2D eigenvalue weighted by molar-refractivity contribution is 0.0695. The van der Waals surface area contributed by atoms with E-state index in [1.165, 1.54) is 5.56 Å². The lowest BCUT2D eigenvalue weighted by atomic mass is 9.90. The van der Waals surface area contributed by atoms with Crippen LogP contribution in [0, 0.1) is 6.92 Å². The zero-order chi connectivity index (χ0) is 14.8. The van der Waals surface area contributed by atoms with E-state index in [2.05, 4.69) is 22.1 Å². The zero-order valence-electron chi connectivity index (χ0n) is 12.0. The van der Waals surface area contributed by atoms with Gasteiger partial charge in [-0.25, -0.2) is 4.98 Å². The highest BCUT2D eigenvalue weighted by atomic mass is 35.5. The van der Waals surface area contributed by atoms with Crippen molar-refractivity contribution in [2.24, 2.45) is 0 Å². The molecule has 0 bridgehead atoms. The number of nitrogens with zero attached hydrogens (tertiary/aromatic N) is 2. The Morgan fingerprint density at radius 1 is 1.38 bits per heavy atom. The van der Waals surface area contributed by atoms with Gasteiger partial charge in [-0.05, 0) is 37.5 Å². The van der Waals surface area contributed by atoms with E-state index in [1.54, 1.807) is 6.20 Å². The van der Waals surface area contributed by atoms with Crippen molar-refractivity contribution in [3.8, 4) is 0 Å². The Balaban J connectivity index is 1.73. The van der Waals surface area contributed by atoms with Gasteiger partial charge in [-0.3, -0.25) is 4.79 Å². The van der Waals surface area contributed by atoms with E-state index in [0.717, 1.165) is 36.6 Å². The number of amides is 1. The highest BCUT2D eigenvalue weighted by molar-refractivity contribution is 6.30. The molecule has 0 aliphatic carbocycles. The average molecular weight is 304 g/mol. The largest absolute Gasteiger partial charge is 0.338 e. The third kappa shape index (κ3) is 3.10. The molecule has 1 aliphatic heterocycles. The zero-order valence-corrected chi connectivity index (χ0v) is 12.7. The molecule has 0 radical (unpaired) electrons. The maximum absolute atomic E-state index is 12.5. The fraction of sp³-hybridized carbons (Fsp3) is 0.375. The third-order valence-corrected chi connectivity index (χ3v) is 4.21. The molecule has 0 spiro atoms. The highest BCUT2D eigenvalue weighted by Crippen LogP contribution is 2.28. The van der Waals surface area contributed by atoms with Gasteiger partial charge in [-0.2, -0.15) is 0 Å². The summed E-state index contributed by atoms with van der Waals surface area (Å²) in [7, 11) is 0. The van der Waals surface area contributed by atoms with Crippen LogP contribution in [-0.4, -0.2) is 33.9 Å². The number of carbonyl (C=O) groups excluding carboxylic acids is 1. The van der Waals surface area contributed by atoms with E-state index < -0.39 is 0 Å². The van der Waals surface area contributed by atoms with Crippen LogP contribution in [0.2, 0.25) is 5.02 Å². The minimum Gasteiger partial charge on any atom is -0.338 e. The van der Waals surface area contributed by atoms with Gasteiger partial charge in [0.1, 0.15) is 0 Å². The maximum atomic E-state index is 12.5. The van der Waals surface area contributed by atoms with E-state index in [1.807, 2.05) is 24.0 Å². The number of hydrogen-bond donors (Lipinski definition) is 1. The number of imidazole rings is 1. The molecule has 1 atom stereocenters. The van der Waals surface area contributed by atoms with E-state index in [0.29, 0.717) is 11.7 Å². The van der Waals surface area contributed by atoms with Crippen molar-refractivity contribution in [3.05, 3.63) is 52.6 Å². The van der Waals surface area contributed by atoms with Gasteiger partial charge in [0.2, 0.25) is 0 Å². The van der Waals surface area contributed by atoms with Crippen LogP contribution in [0.25, 0.3) is 0 Å². The lowest BCUT2D eigenvalue weighted by Crippen LogP contribution is -2.39. The number of carbonyl (C=O) groups is 1. The number of H-pyrrole nitrogens is 1. The van der Waals surface area contributed by atoms with Gasteiger partial charge in [0.25, 0.3) is 5.91 Å². The second kappa shape index (κ2) is 5.90. The molecule has 1 N–H and O–H groups in total. The predicted octanol–water partition coefficient (Wildman–Crippen LogP) is 3.39. The molecule has 2 heterocycles. The summed E-state index contributed by atoms with van der Waals surface area (Å²) in [6.45, 7) is 3.43. The van der Waals surface area contributed by atoms with Crippen LogP contribution in [0.5, 0.6) is 0 Å². The van der Waals surface area contributed by atoms with Gasteiger partial charge < -0.3 is 9.88 Å². The van der Waals surface area contributed by atoms with E-state index >= 15 is 0 Å². The van der Waals surface area contributed by atoms with Crippen molar-refractivity contribution in [1.82, 2.24) is 14.9 Å². The molecule has 2 aromatic rings. The molecule has 0 saturated carbocycles. The van der Waals surface area contributed by atoms with Gasteiger partial charge in [0.05, 0.1) is 0 Å². The Morgan fingerprint density at radius 2 is 2.14 bits per heavy atom. The molecular formula is C16H18ClN3O. The van der Waals surface area contributed by atoms with Gasteiger partial charge in [0, 0.05) is 35.9 Å². The number of piperidine rings is 1. The first-order chi connectivity index (χ1) is 10.1. The molecule has 110 valence electrons. The minimum absolute atomic E-state index is 0.0123. The summed E-state index contributed by atoms with van der Waals surface area (Å²) in [5.74, 6) is 0.794. The van der Waals surface area contributed by atoms with Crippen LogP contribution in [0.15, 0.2) is 30.5 Å². The number of halogens is 1. The van der Waals surface area contributed by atoms with E-state index in [4.69, 9.17) is 11.6 Å². The monoisotopic (exact) mass is 303 g/mol. The second-order valence-electron chi connectivity index (χ2n) is 5.56. The quantitative estimate of drug-likeness (QED) is 0.924. The molecule has 1 aliphatic rings. The summed E-state index contributed by atoms with van der Waals surface area (Å²) in [5.41, 5.74) is 2.15. The van der Waals surface area contributed by atoms with Crippen molar-refractivity contribution in [1.29, 1.82) is 0 Å². The predicted molar refractivity (Wildman–Crippen MR) is 82.7 cm³/mol. The van der Waals surface area contributed by atoms with Crippen LogP contribution in [0.4, 0.5) is 0 Å². The number of hydrogen-bond acceptors (Lipinski definition) is 2. The molecule has 1 fully saturated rings. The van der Waals surface area contributed by atoms with E-state index in [9.17, 15) is 4.79 Å². The summed E-state index contributed by atoms with van der Waals surface area (Å²) in [6, 6.07) is 7.93. The number of aryl methyl sites for hydroxylation is 1. The average Bonchev–Trinajstić information content (AvgIpc) is 2.94. The standard InChI is InChI=1S/C16H18ClN3O/c1-11-9-18-15(19-11)16(21)20-8-2-3-13(10-20)12-4-6-14(17)7-5-12/h4-7,9,13H,2-3,8,10H2,1H3,(H,18,19). The first-order valence-electron chi connectivity index (χ1n) is 7.20. The number of likely N-dealkylation sites (tertiary alicyclic amines) is 1. The normalized spacial score (nSPS) is 18.8. The van der Waals surface area contributed by atoms with Gasteiger partial charge in [-0.15, -0.1) is 0 Å². The van der Waals surface area contributed by atoms with Crippen LogP contribution < -0.4 is 0 Å². The molecule has 1 saturated heterocycles. The Morgan fingerprint density at radius 3 is 2.81 bits per heavy atom. The molecule has 1 aromatic carbocycles. The van der Waals surface area contributed by atoms with Gasteiger partial charge in [-0.1, -0.05) is 23.7 Å². The van der Waals surface area contributed by atoms with Crippen molar-refractivity contribution >= 4 is 17.5 Å². The summed E-state index contributed by atoms with van der Waals surface area (Å²) in [6.07, 6.45) is 3.80. The number of aromatic nitrogens is 2. The Labute approximate surface area is 129 Å². The minimum atomic E-state index is -0.0123. The smallest absolute Gasteiger partial charge is 0.289 e. The summed E-state index contributed by atoms with van der Waals surface area (Å²) < 4.78 is 0. The number of rotatable bonds is 2. The van der Waals surface area contributed by atoms with Gasteiger partial charge >= 0.3 is 0 Å². The van der Waals surface area contributed by atoms with Crippen LogP contribution >= 0.6 is 11.6 Å². The molecular weight excluding hydrogens is 286 g/mol. The maximum Gasteiger partial charge on any atom is 0.289 e. The molecule has 4 nitrogen and oxygen atoms in total. The lowest BCUT2D eigenvalue weighted by Gasteiger charge is -2.32.